The van der Waals surface area contributed by atoms with Crippen molar-refractivity contribution in [3.63, 3.8) is 0 Å². The van der Waals surface area contributed by atoms with Crippen molar-refractivity contribution in [2.24, 2.45) is 0 Å². The number of para-hydroxylation sites is 1. The minimum Gasteiger partial charge on any atom is -0.497 e. The van der Waals surface area contributed by atoms with Crippen LogP contribution in [0.5, 0.6) is 11.5 Å². The van der Waals surface area contributed by atoms with Gasteiger partial charge in [0.2, 0.25) is 0 Å². The zero-order valence-corrected chi connectivity index (χ0v) is 22.7. The number of ketones is 1. The fourth-order valence-corrected chi connectivity index (χ4v) is 5.56. The number of anilines is 1. The predicted molar refractivity (Wildman–Crippen MR) is 151 cm³/mol. The van der Waals surface area contributed by atoms with Gasteiger partial charge in [0.1, 0.15) is 17.3 Å². The van der Waals surface area contributed by atoms with Crippen molar-refractivity contribution in [2.45, 2.75) is 45.4 Å². The molecule has 1 aromatic heterocycles. The number of benzene rings is 2. The minimum atomic E-state index is -0.571. The van der Waals surface area contributed by atoms with E-state index in [1.807, 2.05) is 81.4 Å². The van der Waals surface area contributed by atoms with Gasteiger partial charge in [-0.25, -0.2) is 4.98 Å². The molecule has 2 heterocycles. The number of dihydropyridines is 1. The molecule has 1 amide bonds. The highest BCUT2D eigenvalue weighted by molar-refractivity contribution is 6.09. The number of aryl methyl sites for hydroxylation is 1. The molecule has 0 fully saturated rings. The molecule has 7 heteroatoms. The van der Waals surface area contributed by atoms with Gasteiger partial charge in [-0.2, -0.15) is 0 Å². The molecule has 3 aromatic rings. The Labute approximate surface area is 228 Å². The van der Waals surface area contributed by atoms with E-state index in [4.69, 9.17) is 9.47 Å². The van der Waals surface area contributed by atoms with Gasteiger partial charge < -0.3 is 20.1 Å². The molecule has 5 rings (SSSR count). The molecule has 2 unspecified atom stereocenters. The molecule has 0 saturated heterocycles. The Morgan fingerprint density at radius 2 is 1.85 bits per heavy atom. The molecule has 200 valence electrons. The lowest BCUT2D eigenvalue weighted by Gasteiger charge is -2.37. The molecule has 2 atom stereocenters. The number of rotatable bonds is 7. The third-order valence-electron chi connectivity index (χ3n) is 7.35. The first-order valence-corrected chi connectivity index (χ1v) is 13.2. The maximum atomic E-state index is 13.9. The van der Waals surface area contributed by atoms with E-state index < -0.39 is 5.92 Å². The molecule has 0 spiro atoms. The van der Waals surface area contributed by atoms with Crippen LogP contribution in [0.2, 0.25) is 0 Å². The first kappa shape index (κ1) is 26.2. The first-order valence-electron chi connectivity index (χ1n) is 13.2. The minimum absolute atomic E-state index is 0.0207. The Hall–Kier alpha value is -4.39. The Kier molecular flexibility index (Phi) is 7.50. The van der Waals surface area contributed by atoms with Gasteiger partial charge in [0, 0.05) is 40.7 Å². The van der Waals surface area contributed by atoms with Crippen molar-refractivity contribution in [3.8, 4) is 11.5 Å². The largest absolute Gasteiger partial charge is 0.497 e. The smallest absolute Gasteiger partial charge is 0.255 e. The maximum absolute atomic E-state index is 13.9. The molecular weight excluding hydrogens is 490 g/mol. The Morgan fingerprint density at radius 1 is 1.08 bits per heavy atom. The van der Waals surface area contributed by atoms with Gasteiger partial charge >= 0.3 is 0 Å². The number of aromatic nitrogens is 1. The van der Waals surface area contributed by atoms with E-state index >= 15 is 0 Å². The number of Topliss-reactive ketones (excluding diaryl/α,β-unsaturated/α-hetero) is 1. The number of carbonyl (C=O) groups excluding carboxylic acids is 2. The maximum Gasteiger partial charge on any atom is 0.255 e. The highest BCUT2D eigenvalue weighted by Crippen LogP contribution is 2.47. The van der Waals surface area contributed by atoms with E-state index in [0.29, 0.717) is 47.9 Å². The quantitative estimate of drug-likeness (QED) is 0.407. The van der Waals surface area contributed by atoms with Crippen LogP contribution in [0.15, 0.2) is 89.4 Å². The predicted octanol–water partition coefficient (Wildman–Crippen LogP) is 5.80. The lowest BCUT2D eigenvalue weighted by molar-refractivity contribution is -0.116. The summed E-state index contributed by atoms with van der Waals surface area (Å²) in [7, 11) is 1.64. The van der Waals surface area contributed by atoms with Gasteiger partial charge in [-0.1, -0.05) is 30.3 Å². The van der Waals surface area contributed by atoms with Gasteiger partial charge in [0.05, 0.1) is 19.6 Å². The number of hydrogen-bond donors (Lipinski definition) is 2. The summed E-state index contributed by atoms with van der Waals surface area (Å²) < 4.78 is 11.3. The fourth-order valence-electron chi connectivity index (χ4n) is 5.56. The average molecular weight is 524 g/mol. The fraction of sp³-hybridized carbons (Fsp3) is 0.281. The summed E-state index contributed by atoms with van der Waals surface area (Å²) >= 11 is 0. The SMILES string of the molecule is CCOc1ccccc1C1C(C(=O)Nc2cc(C)ccn2)=C(C)NC2=C1C(=O)CC(c1ccc(OC)cc1)C2. The number of pyridine rings is 1. The molecule has 0 radical (unpaired) electrons. The van der Waals surface area contributed by atoms with Crippen LogP contribution in [0.1, 0.15) is 55.2 Å². The van der Waals surface area contributed by atoms with Crippen LogP contribution in [-0.4, -0.2) is 30.4 Å². The van der Waals surface area contributed by atoms with Gasteiger partial charge in [-0.15, -0.1) is 0 Å². The highest BCUT2D eigenvalue weighted by Gasteiger charge is 2.42. The Morgan fingerprint density at radius 3 is 2.56 bits per heavy atom. The Balaban J connectivity index is 1.57. The summed E-state index contributed by atoms with van der Waals surface area (Å²) in [5, 5.41) is 6.40. The summed E-state index contributed by atoms with van der Waals surface area (Å²) in [5.41, 5.74) is 5.54. The lowest BCUT2D eigenvalue weighted by atomic mass is 9.71. The van der Waals surface area contributed by atoms with Crippen molar-refractivity contribution in [3.05, 3.63) is 106 Å². The summed E-state index contributed by atoms with van der Waals surface area (Å²) in [6.07, 6.45) is 2.68. The number of ether oxygens (including phenoxy) is 2. The summed E-state index contributed by atoms with van der Waals surface area (Å²) in [6.45, 7) is 6.23. The third kappa shape index (κ3) is 5.30. The number of nitrogens with zero attached hydrogens (tertiary/aromatic N) is 1. The molecule has 2 N–H and O–H groups in total. The molecule has 7 nitrogen and oxygen atoms in total. The van der Waals surface area contributed by atoms with Gasteiger partial charge in [0.25, 0.3) is 5.91 Å². The second-order valence-corrected chi connectivity index (χ2v) is 9.93. The van der Waals surface area contributed by atoms with Gasteiger partial charge in [0.15, 0.2) is 5.78 Å². The number of methoxy groups -OCH3 is 1. The standard InChI is InChI=1S/C32H33N3O4/c1-5-39-27-9-7-6-8-24(27)30-29(32(37)35-28-16-19(2)14-15-33-28)20(3)34-25-17-22(18-26(36)31(25)30)21-10-12-23(38-4)13-11-21/h6-16,22,30,34H,5,17-18H2,1-4H3,(H,33,35,37). The van der Waals surface area contributed by atoms with Crippen molar-refractivity contribution in [1.82, 2.24) is 10.3 Å². The zero-order valence-electron chi connectivity index (χ0n) is 22.7. The number of hydrogen-bond acceptors (Lipinski definition) is 6. The molecule has 0 saturated carbocycles. The van der Waals surface area contributed by atoms with Crippen LogP contribution < -0.4 is 20.1 Å². The van der Waals surface area contributed by atoms with Crippen molar-refractivity contribution < 1.29 is 19.1 Å². The summed E-state index contributed by atoms with van der Waals surface area (Å²) in [4.78, 5) is 32.1. The van der Waals surface area contributed by atoms with E-state index in [1.165, 1.54) is 0 Å². The number of nitrogens with one attached hydrogen (secondary N) is 2. The van der Waals surface area contributed by atoms with Crippen LogP contribution in [0.4, 0.5) is 5.82 Å². The Bertz CT molecular complexity index is 1470. The third-order valence-corrected chi connectivity index (χ3v) is 7.35. The van der Waals surface area contributed by atoms with Crippen LogP contribution in [0.3, 0.4) is 0 Å². The van der Waals surface area contributed by atoms with Crippen molar-refractivity contribution >= 4 is 17.5 Å². The summed E-state index contributed by atoms with van der Waals surface area (Å²) in [6, 6.07) is 19.2. The second kappa shape index (κ2) is 11.2. The van der Waals surface area contributed by atoms with E-state index in [2.05, 4.69) is 15.6 Å². The van der Waals surface area contributed by atoms with E-state index in [9.17, 15) is 9.59 Å². The normalized spacial score (nSPS) is 18.8. The average Bonchev–Trinajstić information content (AvgIpc) is 2.92. The highest BCUT2D eigenvalue weighted by atomic mass is 16.5. The topological polar surface area (TPSA) is 89.5 Å². The molecule has 1 aliphatic heterocycles. The summed E-state index contributed by atoms with van der Waals surface area (Å²) in [5.74, 6) is 1.08. The van der Waals surface area contributed by atoms with Crippen LogP contribution in [-0.2, 0) is 9.59 Å². The number of amides is 1. The van der Waals surface area contributed by atoms with Crippen LogP contribution >= 0.6 is 0 Å². The molecule has 0 bridgehead atoms. The number of allylic oxidation sites excluding steroid dienone is 3. The monoisotopic (exact) mass is 523 g/mol. The molecular formula is C32H33N3O4. The van der Waals surface area contributed by atoms with Crippen LogP contribution in [0, 0.1) is 6.92 Å². The van der Waals surface area contributed by atoms with Crippen molar-refractivity contribution in [1.29, 1.82) is 0 Å². The van der Waals surface area contributed by atoms with Crippen LogP contribution in [0.25, 0.3) is 0 Å². The molecule has 2 aromatic carbocycles. The van der Waals surface area contributed by atoms with E-state index in [0.717, 1.165) is 28.1 Å². The molecule has 39 heavy (non-hydrogen) atoms. The van der Waals surface area contributed by atoms with Gasteiger partial charge in [-0.05, 0) is 74.6 Å². The van der Waals surface area contributed by atoms with E-state index in [-0.39, 0.29) is 17.6 Å². The van der Waals surface area contributed by atoms with Crippen molar-refractivity contribution in [2.75, 3.05) is 19.0 Å². The molecule has 1 aliphatic carbocycles. The lowest BCUT2D eigenvalue weighted by Crippen LogP contribution is -2.37. The second-order valence-electron chi connectivity index (χ2n) is 9.93. The zero-order chi connectivity index (χ0) is 27.5. The molecule has 2 aliphatic rings. The van der Waals surface area contributed by atoms with Gasteiger partial charge in [-0.3, -0.25) is 9.59 Å². The van der Waals surface area contributed by atoms with E-state index in [1.54, 1.807) is 13.3 Å². The first-order chi connectivity index (χ1) is 18.9. The number of carbonyl (C=O) groups is 2.